The van der Waals surface area contributed by atoms with Crippen LogP contribution >= 0.6 is 0 Å². The number of fused-ring (bicyclic) bond motifs is 1. The van der Waals surface area contributed by atoms with Gasteiger partial charge in [-0.2, -0.15) is 0 Å². The number of rotatable bonds is 4. The minimum absolute atomic E-state index is 0.105. The third kappa shape index (κ3) is 3.08. The Kier molecular flexibility index (Phi) is 3.90. The first-order chi connectivity index (χ1) is 12.2. The lowest BCUT2D eigenvalue weighted by molar-refractivity contribution is 0.289. The van der Waals surface area contributed by atoms with Crippen molar-refractivity contribution in [1.82, 2.24) is 9.97 Å². The molecule has 124 valence electrons. The van der Waals surface area contributed by atoms with E-state index in [2.05, 4.69) is 9.97 Å². The summed E-state index contributed by atoms with van der Waals surface area (Å²) < 4.78 is 32.5. The fourth-order valence-corrected chi connectivity index (χ4v) is 2.70. The van der Waals surface area contributed by atoms with Crippen LogP contribution in [0, 0.1) is 11.6 Å². The van der Waals surface area contributed by atoms with Crippen LogP contribution in [0.2, 0.25) is 0 Å². The largest absolute Gasteiger partial charge is 0.486 e. The molecule has 3 aromatic carbocycles. The van der Waals surface area contributed by atoms with Gasteiger partial charge in [0.2, 0.25) is 0 Å². The lowest BCUT2D eigenvalue weighted by Gasteiger charge is -2.10. The van der Waals surface area contributed by atoms with Gasteiger partial charge in [-0.25, -0.2) is 13.8 Å². The van der Waals surface area contributed by atoms with Gasteiger partial charge in [0, 0.05) is 17.2 Å². The molecule has 0 aliphatic rings. The van der Waals surface area contributed by atoms with E-state index in [0.29, 0.717) is 5.82 Å². The summed E-state index contributed by atoms with van der Waals surface area (Å²) in [7, 11) is 0. The average Bonchev–Trinajstić information content (AvgIpc) is 3.07. The first kappa shape index (κ1) is 15.3. The monoisotopic (exact) mass is 336 g/mol. The van der Waals surface area contributed by atoms with Crippen molar-refractivity contribution >= 4 is 11.0 Å². The zero-order valence-electron chi connectivity index (χ0n) is 13.2. The van der Waals surface area contributed by atoms with Gasteiger partial charge >= 0.3 is 0 Å². The third-order valence-corrected chi connectivity index (χ3v) is 3.94. The van der Waals surface area contributed by atoms with Crippen molar-refractivity contribution in [2.75, 3.05) is 0 Å². The molecule has 1 N–H and O–H groups in total. The van der Waals surface area contributed by atoms with Gasteiger partial charge in [-0.05, 0) is 24.3 Å². The highest BCUT2D eigenvalue weighted by Gasteiger charge is 2.11. The number of aromatic nitrogens is 2. The van der Waals surface area contributed by atoms with Crippen LogP contribution in [0.3, 0.4) is 0 Å². The Labute approximate surface area is 142 Å². The molecule has 0 fully saturated rings. The normalized spacial score (nSPS) is 11.0. The van der Waals surface area contributed by atoms with Gasteiger partial charge in [-0.15, -0.1) is 0 Å². The molecule has 0 saturated carbocycles. The van der Waals surface area contributed by atoms with Crippen molar-refractivity contribution in [3.8, 4) is 17.1 Å². The zero-order valence-corrected chi connectivity index (χ0v) is 13.2. The Hall–Kier alpha value is -3.21. The van der Waals surface area contributed by atoms with Gasteiger partial charge in [0.25, 0.3) is 0 Å². The molecule has 25 heavy (non-hydrogen) atoms. The number of hydrogen-bond donors (Lipinski definition) is 1. The van der Waals surface area contributed by atoms with Crippen molar-refractivity contribution < 1.29 is 13.5 Å². The highest BCUT2D eigenvalue weighted by Crippen LogP contribution is 2.26. The van der Waals surface area contributed by atoms with E-state index in [1.807, 2.05) is 48.5 Å². The van der Waals surface area contributed by atoms with Crippen LogP contribution in [-0.2, 0) is 6.61 Å². The number of aromatic amines is 1. The molecule has 0 bridgehead atoms. The van der Waals surface area contributed by atoms with Crippen molar-refractivity contribution in [2.24, 2.45) is 0 Å². The van der Waals surface area contributed by atoms with E-state index in [9.17, 15) is 8.78 Å². The standard InChI is InChI=1S/C20H14F2N2O/c21-14-9-10-16(22)19(11-14)25-12-13-5-1-2-6-15(13)20-23-17-7-3-4-8-18(17)24-20/h1-11H,12H2,(H,23,24). The first-order valence-corrected chi connectivity index (χ1v) is 7.81. The first-order valence-electron chi connectivity index (χ1n) is 7.81. The summed E-state index contributed by atoms with van der Waals surface area (Å²) in [5.41, 5.74) is 3.48. The van der Waals surface area contributed by atoms with E-state index >= 15 is 0 Å². The topological polar surface area (TPSA) is 37.9 Å². The van der Waals surface area contributed by atoms with Gasteiger partial charge in [0.15, 0.2) is 11.6 Å². The number of imidazole rings is 1. The smallest absolute Gasteiger partial charge is 0.165 e. The summed E-state index contributed by atoms with van der Waals surface area (Å²) >= 11 is 0. The molecule has 0 amide bonds. The van der Waals surface area contributed by atoms with Gasteiger partial charge < -0.3 is 9.72 Å². The second kappa shape index (κ2) is 6.36. The van der Waals surface area contributed by atoms with E-state index in [-0.39, 0.29) is 12.4 Å². The average molecular weight is 336 g/mol. The number of H-pyrrole nitrogens is 1. The maximum Gasteiger partial charge on any atom is 0.165 e. The van der Waals surface area contributed by atoms with Crippen LogP contribution in [0.1, 0.15) is 5.56 Å². The maximum absolute atomic E-state index is 13.7. The van der Waals surface area contributed by atoms with E-state index in [1.54, 1.807) is 0 Å². The number of halogens is 2. The molecule has 0 aliphatic heterocycles. The molecular weight excluding hydrogens is 322 g/mol. The molecule has 0 spiro atoms. The summed E-state index contributed by atoms with van der Waals surface area (Å²) in [6, 6.07) is 18.4. The van der Waals surface area contributed by atoms with Crippen LogP contribution in [0.5, 0.6) is 5.75 Å². The Balaban J connectivity index is 1.66. The summed E-state index contributed by atoms with van der Waals surface area (Å²) in [5.74, 6) is -0.538. The summed E-state index contributed by atoms with van der Waals surface area (Å²) in [4.78, 5) is 7.86. The number of nitrogens with zero attached hydrogens (tertiary/aromatic N) is 1. The van der Waals surface area contributed by atoms with Crippen molar-refractivity contribution in [3.63, 3.8) is 0 Å². The summed E-state index contributed by atoms with van der Waals surface area (Å²) in [5, 5.41) is 0. The Morgan fingerprint density at radius 1 is 0.920 bits per heavy atom. The predicted octanol–water partition coefficient (Wildman–Crippen LogP) is 5.09. The van der Waals surface area contributed by atoms with Crippen LogP contribution in [0.4, 0.5) is 8.78 Å². The van der Waals surface area contributed by atoms with Crippen molar-refractivity contribution in [1.29, 1.82) is 0 Å². The molecule has 0 unspecified atom stereocenters. The second-order valence-electron chi connectivity index (χ2n) is 5.62. The minimum atomic E-state index is -0.595. The third-order valence-electron chi connectivity index (χ3n) is 3.94. The molecule has 0 atom stereocenters. The fraction of sp³-hybridized carbons (Fsp3) is 0.0500. The van der Waals surface area contributed by atoms with Crippen LogP contribution < -0.4 is 4.74 Å². The molecule has 0 radical (unpaired) electrons. The molecule has 3 nitrogen and oxygen atoms in total. The van der Waals surface area contributed by atoms with Gasteiger partial charge in [0.1, 0.15) is 18.2 Å². The SMILES string of the molecule is Fc1ccc(F)c(OCc2ccccc2-c2nc3ccccc3[nH]2)c1. The minimum Gasteiger partial charge on any atom is -0.486 e. The van der Waals surface area contributed by atoms with Gasteiger partial charge in [-0.3, -0.25) is 0 Å². The van der Waals surface area contributed by atoms with Gasteiger partial charge in [-0.1, -0.05) is 36.4 Å². The molecule has 5 heteroatoms. The van der Waals surface area contributed by atoms with E-state index < -0.39 is 11.6 Å². The Bertz CT molecular complexity index is 1010. The fourth-order valence-electron chi connectivity index (χ4n) is 2.70. The number of hydrogen-bond acceptors (Lipinski definition) is 2. The highest BCUT2D eigenvalue weighted by atomic mass is 19.1. The highest BCUT2D eigenvalue weighted by molar-refractivity contribution is 5.79. The van der Waals surface area contributed by atoms with Gasteiger partial charge in [0.05, 0.1) is 11.0 Å². The lowest BCUT2D eigenvalue weighted by Crippen LogP contribution is -2.00. The molecule has 1 heterocycles. The quantitative estimate of drug-likeness (QED) is 0.564. The van der Waals surface area contributed by atoms with Crippen LogP contribution in [0.25, 0.3) is 22.4 Å². The number of para-hydroxylation sites is 2. The predicted molar refractivity (Wildman–Crippen MR) is 92.2 cm³/mol. The summed E-state index contributed by atoms with van der Waals surface area (Å²) in [6.07, 6.45) is 0. The lowest BCUT2D eigenvalue weighted by atomic mass is 10.1. The zero-order chi connectivity index (χ0) is 17.2. The van der Waals surface area contributed by atoms with E-state index in [1.165, 1.54) is 0 Å². The van der Waals surface area contributed by atoms with Crippen LogP contribution in [-0.4, -0.2) is 9.97 Å². The van der Waals surface area contributed by atoms with Crippen molar-refractivity contribution in [2.45, 2.75) is 6.61 Å². The number of benzene rings is 3. The van der Waals surface area contributed by atoms with E-state index in [0.717, 1.165) is 40.4 Å². The van der Waals surface area contributed by atoms with Crippen LogP contribution in [0.15, 0.2) is 66.7 Å². The number of ether oxygens (including phenoxy) is 1. The number of nitrogens with one attached hydrogen (secondary N) is 1. The Morgan fingerprint density at radius 3 is 2.60 bits per heavy atom. The van der Waals surface area contributed by atoms with E-state index in [4.69, 9.17) is 4.74 Å². The molecule has 1 aromatic heterocycles. The molecular formula is C20H14F2N2O. The molecule has 4 rings (SSSR count). The molecule has 0 aliphatic carbocycles. The van der Waals surface area contributed by atoms with Crippen molar-refractivity contribution in [3.05, 3.63) is 83.9 Å². The Morgan fingerprint density at radius 2 is 1.72 bits per heavy atom. The summed E-state index contributed by atoms with van der Waals surface area (Å²) in [6.45, 7) is 0.105. The second-order valence-corrected chi connectivity index (χ2v) is 5.62. The maximum atomic E-state index is 13.7. The molecule has 0 saturated heterocycles. The molecule has 4 aromatic rings.